The minimum absolute atomic E-state index is 0.788. The summed E-state index contributed by atoms with van der Waals surface area (Å²) < 4.78 is 0. The highest BCUT2D eigenvalue weighted by Gasteiger charge is 2.43. The number of benzene rings is 1. The van der Waals surface area contributed by atoms with Crippen LogP contribution in [0.5, 0.6) is 0 Å². The lowest BCUT2D eigenvalue weighted by Crippen LogP contribution is -2.36. The largest absolute Gasteiger partial charge is 0.367 e. The van der Waals surface area contributed by atoms with Crippen LogP contribution in [0.25, 0.3) is 6.08 Å². The normalized spacial score (nSPS) is 29.8. The van der Waals surface area contributed by atoms with E-state index in [-0.39, 0.29) is 0 Å². The molecule has 1 saturated heterocycles. The van der Waals surface area contributed by atoms with Crippen LogP contribution < -0.4 is 5.32 Å². The summed E-state index contributed by atoms with van der Waals surface area (Å²) in [6.45, 7) is 0. The molecule has 3 heteroatoms. The maximum absolute atomic E-state index is 10.3. The van der Waals surface area contributed by atoms with Gasteiger partial charge < -0.3 is 5.11 Å². The van der Waals surface area contributed by atoms with Crippen LogP contribution in [0.3, 0.4) is 0 Å². The summed E-state index contributed by atoms with van der Waals surface area (Å²) in [5, 5.41) is 13.4. The highest BCUT2D eigenvalue weighted by Crippen LogP contribution is 2.47. The van der Waals surface area contributed by atoms with Gasteiger partial charge in [-0.2, -0.15) is 0 Å². The predicted molar refractivity (Wildman–Crippen MR) is 53.9 cm³/mol. The van der Waals surface area contributed by atoms with E-state index >= 15 is 0 Å². The summed E-state index contributed by atoms with van der Waals surface area (Å²) in [4.78, 5) is 1.02. The van der Waals surface area contributed by atoms with Crippen molar-refractivity contribution >= 4 is 17.8 Å². The van der Waals surface area contributed by atoms with Crippen LogP contribution >= 0.6 is 11.8 Å². The molecule has 0 aromatic heterocycles. The van der Waals surface area contributed by atoms with E-state index in [0.29, 0.717) is 0 Å². The maximum atomic E-state index is 10.3. The minimum Gasteiger partial charge on any atom is -0.367 e. The van der Waals surface area contributed by atoms with Crippen molar-refractivity contribution in [2.24, 2.45) is 0 Å². The molecule has 0 saturated carbocycles. The molecule has 0 bridgehead atoms. The highest BCUT2D eigenvalue weighted by atomic mass is 32.2. The van der Waals surface area contributed by atoms with Crippen molar-refractivity contribution < 1.29 is 5.11 Å². The van der Waals surface area contributed by atoms with Crippen molar-refractivity contribution in [1.82, 2.24) is 5.32 Å². The molecule has 1 heterocycles. The predicted octanol–water partition coefficient (Wildman–Crippen LogP) is 1.48. The van der Waals surface area contributed by atoms with Gasteiger partial charge in [-0.1, -0.05) is 24.3 Å². The van der Waals surface area contributed by atoms with Gasteiger partial charge in [0.05, 0.1) is 0 Å². The highest BCUT2D eigenvalue weighted by molar-refractivity contribution is 8.03. The Morgan fingerprint density at radius 1 is 1.38 bits per heavy atom. The zero-order valence-electron chi connectivity index (χ0n) is 6.95. The quantitative estimate of drug-likeness (QED) is 0.651. The van der Waals surface area contributed by atoms with Crippen LogP contribution in [0.1, 0.15) is 11.1 Å². The topological polar surface area (TPSA) is 32.3 Å². The third-order valence-corrected chi connectivity index (χ3v) is 3.56. The number of fused-ring (bicyclic) bond motifs is 3. The molecule has 13 heavy (non-hydrogen) atoms. The monoisotopic (exact) mass is 191 g/mol. The van der Waals surface area contributed by atoms with Crippen LogP contribution in [-0.2, 0) is 5.72 Å². The molecule has 2 N–H and O–H groups in total. The molecule has 1 atom stereocenters. The van der Waals surface area contributed by atoms with Gasteiger partial charge in [0.15, 0.2) is 5.72 Å². The summed E-state index contributed by atoms with van der Waals surface area (Å²) in [7, 11) is 0. The molecular formula is C10H9NOS. The molecular weight excluding hydrogens is 182 g/mol. The van der Waals surface area contributed by atoms with E-state index in [1.165, 1.54) is 0 Å². The Balaban J connectivity index is 2.25. The second kappa shape index (κ2) is 2.38. The fraction of sp³-hybridized carbons (Fsp3) is 0.200. The van der Waals surface area contributed by atoms with Crippen molar-refractivity contribution in [3.05, 3.63) is 40.3 Å². The van der Waals surface area contributed by atoms with Crippen LogP contribution in [0.15, 0.2) is 29.2 Å². The second-order valence-electron chi connectivity index (χ2n) is 3.27. The first-order valence-corrected chi connectivity index (χ1v) is 5.21. The van der Waals surface area contributed by atoms with E-state index in [2.05, 4.69) is 11.4 Å². The van der Waals surface area contributed by atoms with Gasteiger partial charge in [0.1, 0.15) is 0 Å². The molecule has 1 aromatic carbocycles. The molecule has 1 fully saturated rings. The summed E-state index contributed by atoms with van der Waals surface area (Å²) in [5.74, 6) is 0.788. The first-order valence-electron chi connectivity index (χ1n) is 4.22. The van der Waals surface area contributed by atoms with Gasteiger partial charge in [-0.05, 0) is 11.6 Å². The van der Waals surface area contributed by atoms with Gasteiger partial charge in [-0.3, -0.25) is 5.32 Å². The molecule has 1 aromatic rings. The molecule has 1 unspecified atom stereocenters. The Hall–Kier alpha value is -0.770. The first-order chi connectivity index (χ1) is 6.31. The van der Waals surface area contributed by atoms with Gasteiger partial charge in [0.2, 0.25) is 0 Å². The van der Waals surface area contributed by atoms with Gasteiger partial charge in [0, 0.05) is 16.3 Å². The molecule has 0 spiro atoms. The van der Waals surface area contributed by atoms with Crippen LogP contribution in [-0.4, -0.2) is 11.0 Å². The summed E-state index contributed by atoms with van der Waals surface area (Å²) >= 11 is 1.67. The van der Waals surface area contributed by atoms with Gasteiger partial charge in [-0.15, -0.1) is 11.8 Å². The van der Waals surface area contributed by atoms with E-state index in [9.17, 15) is 5.11 Å². The average Bonchev–Trinajstić information content (AvgIpc) is 2.60. The average molecular weight is 191 g/mol. The van der Waals surface area contributed by atoms with Crippen molar-refractivity contribution in [2.75, 3.05) is 5.88 Å². The smallest absolute Gasteiger partial charge is 0.175 e. The van der Waals surface area contributed by atoms with Crippen LogP contribution in [0, 0.1) is 0 Å². The zero-order valence-corrected chi connectivity index (χ0v) is 7.77. The minimum atomic E-state index is -0.888. The Labute approximate surface area is 80.7 Å². The third kappa shape index (κ3) is 0.866. The maximum Gasteiger partial charge on any atom is 0.175 e. The van der Waals surface area contributed by atoms with E-state index in [0.717, 1.165) is 21.9 Å². The van der Waals surface area contributed by atoms with E-state index < -0.39 is 5.72 Å². The standard InChI is InChI=1S/C10H9NOS/c12-10-8-4-2-1-3-7(8)5-9(10)13-6-11-10/h1-5,11-12H,6H2. The molecule has 1 aliphatic carbocycles. The first kappa shape index (κ1) is 7.62. The van der Waals surface area contributed by atoms with E-state index in [1.54, 1.807) is 11.8 Å². The van der Waals surface area contributed by atoms with E-state index in [1.807, 2.05) is 24.3 Å². The fourth-order valence-electron chi connectivity index (χ4n) is 1.88. The SMILES string of the molecule is OC12NCSC1=Cc1ccccc12. The lowest BCUT2D eigenvalue weighted by Gasteiger charge is -2.20. The number of nitrogens with one attached hydrogen (secondary N) is 1. The number of thioether (sulfide) groups is 1. The zero-order chi connectivity index (χ0) is 8.89. The van der Waals surface area contributed by atoms with Crippen LogP contribution in [0.4, 0.5) is 0 Å². The Bertz CT molecular complexity index is 402. The Morgan fingerprint density at radius 2 is 2.23 bits per heavy atom. The van der Waals surface area contributed by atoms with Gasteiger partial charge >= 0.3 is 0 Å². The number of hydrogen-bond acceptors (Lipinski definition) is 3. The second-order valence-corrected chi connectivity index (χ2v) is 4.29. The molecule has 66 valence electrons. The van der Waals surface area contributed by atoms with Crippen molar-refractivity contribution in [3.63, 3.8) is 0 Å². The molecule has 1 aliphatic heterocycles. The Kier molecular flexibility index (Phi) is 1.39. The van der Waals surface area contributed by atoms with Gasteiger partial charge in [0.25, 0.3) is 0 Å². The third-order valence-electron chi connectivity index (χ3n) is 2.55. The molecule has 0 radical (unpaired) electrons. The summed E-state index contributed by atoms with van der Waals surface area (Å²) in [5.41, 5.74) is 1.22. The summed E-state index contributed by atoms with van der Waals surface area (Å²) in [6, 6.07) is 7.95. The summed E-state index contributed by atoms with van der Waals surface area (Å²) in [6.07, 6.45) is 2.06. The lowest BCUT2D eigenvalue weighted by atomic mass is 10.0. The Morgan fingerprint density at radius 3 is 3.15 bits per heavy atom. The van der Waals surface area contributed by atoms with Crippen LogP contribution in [0.2, 0.25) is 0 Å². The molecule has 2 aliphatic rings. The molecule has 3 rings (SSSR count). The van der Waals surface area contributed by atoms with Gasteiger partial charge in [-0.25, -0.2) is 0 Å². The fourth-order valence-corrected chi connectivity index (χ4v) is 2.92. The number of aliphatic hydroxyl groups is 1. The lowest BCUT2D eigenvalue weighted by molar-refractivity contribution is 0.0633. The molecule has 2 nitrogen and oxygen atoms in total. The van der Waals surface area contributed by atoms with Crippen molar-refractivity contribution in [3.8, 4) is 0 Å². The van der Waals surface area contributed by atoms with Crippen molar-refractivity contribution in [1.29, 1.82) is 0 Å². The number of rotatable bonds is 0. The van der Waals surface area contributed by atoms with Crippen molar-refractivity contribution in [2.45, 2.75) is 5.72 Å². The van der Waals surface area contributed by atoms with E-state index in [4.69, 9.17) is 0 Å². The number of hydrogen-bond donors (Lipinski definition) is 2. The molecule has 0 amide bonds.